The Balaban J connectivity index is 2.13. The number of amides is 1. The van der Waals surface area contributed by atoms with Crippen LogP contribution in [0.4, 0.5) is 31.5 Å². The molecular formula is C15H12F6N2O2S. The molecule has 0 N–H and O–H groups in total. The summed E-state index contributed by atoms with van der Waals surface area (Å²) < 4.78 is 78.3. The Morgan fingerprint density at radius 3 is 2.23 bits per heavy atom. The topological polar surface area (TPSA) is 42.4 Å². The van der Waals surface area contributed by atoms with E-state index in [1.165, 1.54) is 17.5 Å². The first-order valence-corrected chi connectivity index (χ1v) is 7.95. The van der Waals surface area contributed by atoms with Crippen molar-refractivity contribution in [2.24, 2.45) is 0 Å². The van der Waals surface area contributed by atoms with Crippen molar-refractivity contribution in [1.82, 2.24) is 4.98 Å². The zero-order valence-corrected chi connectivity index (χ0v) is 14.0. The van der Waals surface area contributed by atoms with Gasteiger partial charge in [-0.1, -0.05) is 12.1 Å². The highest BCUT2D eigenvalue weighted by atomic mass is 32.1. The summed E-state index contributed by atoms with van der Waals surface area (Å²) in [5.74, 6) is -1.36. The van der Waals surface area contributed by atoms with Crippen LogP contribution in [0.2, 0.25) is 0 Å². The van der Waals surface area contributed by atoms with Crippen molar-refractivity contribution in [1.29, 1.82) is 0 Å². The normalized spacial score (nSPS) is 12.1. The Morgan fingerprint density at radius 1 is 1.15 bits per heavy atom. The average Bonchev–Trinajstić information content (AvgIpc) is 2.90. The smallest absolute Gasteiger partial charge is 0.406 e. The van der Waals surface area contributed by atoms with Gasteiger partial charge in [0.2, 0.25) is 5.91 Å². The van der Waals surface area contributed by atoms with Gasteiger partial charge in [0, 0.05) is 5.38 Å². The summed E-state index contributed by atoms with van der Waals surface area (Å²) in [4.78, 5) is 16.7. The molecule has 1 heterocycles. The number of hydrogen-bond donors (Lipinski definition) is 0. The molecule has 1 amide bonds. The van der Waals surface area contributed by atoms with Crippen LogP contribution >= 0.6 is 11.3 Å². The van der Waals surface area contributed by atoms with Crippen LogP contribution in [0, 0.1) is 6.92 Å². The third-order valence-corrected chi connectivity index (χ3v) is 3.97. The van der Waals surface area contributed by atoms with Gasteiger partial charge in [-0.25, -0.2) is 4.98 Å². The van der Waals surface area contributed by atoms with E-state index in [-0.39, 0.29) is 10.7 Å². The monoisotopic (exact) mass is 398 g/mol. The van der Waals surface area contributed by atoms with Crippen molar-refractivity contribution in [3.05, 3.63) is 40.9 Å². The molecular weight excluding hydrogens is 386 g/mol. The van der Waals surface area contributed by atoms with Gasteiger partial charge in [-0.05, 0) is 24.6 Å². The molecule has 0 aliphatic carbocycles. The van der Waals surface area contributed by atoms with E-state index in [0.717, 1.165) is 23.5 Å². The third-order valence-electron chi connectivity index (χ3n) is 2.99. The molecule has 2 rings (SSSR count). The second kappa shape index (κ2) is 7.52. The van der Waals surface area contributed by atoms with Gasteiger partial charge in [-0.15, -0.1) is 24.5 Å². The van der Waals surface area contributed by atoms with Gasteiger partial charge < -0.3 is 4.74 Å². The number of aromatic nitrogens is 1. The molecule has 0 atom stereocenters. The molecule has 0 fully saturated rings. The number of carbonyl (C=O) groups is 1. The summed E-state index contributed by atoms with van der Waals surface area (Å²) >= 11 is 0.895. The molecule has 0 radical (unpaired) electrons. The molecule has 1 aromatic carbocycles. The second-order valence-corrected chi connectivity index (χ2v) is 6.07. The number of carbonyl (C=O) groups excluding carboxylic acids is 1. The standard InChI is InChI=1S/C15H12F6N2O2S/c1-9-7-26-13(22-9)23(8-14(16,17)18)12(24)6-10-2-4-11(5-3-10)25-15(19,20)21/h2-5,7H,6,8H2,1H3. The van der Waals surface area contributed by atoms with Gasteiger partial charge in [-0.3, -0.25) is 9.69 Å². The van der Waals surface area contributed by atoms with E-state index in [9.17, 15) is 31.1 Å². The van der Waals surface area contributed by atoms with Gasteiger partial charge in [0.1, 0.15) is 12.3 Å². The van der Waals surface area contributed by atoms with Crippen LogP contribution in [-0.2, 0) is 11.2 Å². The van der Waals surface area contributed by atoms with Gasteiger partial charge >= 0.3 is 12.5 Å². The molecule has 1 aromatic heterocycles. The summed E-state index contributed by atoms with van der Waals surface area (Å²) in [5, 5.41) is 1.41. The van der Waals surface area contributed by atoms with E-state index >= 15 is 0 Å². The molecule has 11 heteroatoms. The molecule has 0 saturated carbocycles. The molecule has 26 heavy (non-hydrogen) atoms. The minimum absolute atomic E-state index is 0.0955. The lowest BCUT2D eigenvalue weighted by atomic mass is 10.1. The van der Waals surface area contributed by atoms with Gasteiger partial charge in [0.05, 0.1) is 12.1 Å². The summed E-state index contributed by atoms with van der Waals surface area (Å²) in [6, 6.07) is 4.32. The van der Waals surface area contributed by atoms with Crippen molar-refractivity contribution in [2.75, 3.05) is 11.4 Å². The number of ether oxygens (including phenoxy) is 1. The summed E-state index contributed by atoms with van der Waals surface area (Å²) in [6.07, 6.45) is -9.91. The number of thiazole rings is 1. The Bertz CT molecular complexity index is 755. The molecule has 2 aromatic rings. The molecule has 142 valence electrons. The molecule has 0 aliphatic heterocycles. The van der Waals surface area contributed by atoms with Crippen LogP contribution < -0.4 is 9.64 Å². The molecule has 4 nitrogen and oxygen atoms in total. The fourth-order valence-electron chi connectivity index (χ4n) is 1.99. The first-order valence-electron chi connectivity index (χ1n) is 7.07. The van der Waals surface area contributed by atoms with Crippen LogP contribution in [-0.4, -0.2) is 30.0 Å². The summed E-state index contributed by atoms with van der Waals surface area (Å²) in [6.45, 7) is 0.0731. The average molecular weight is 398 g/mol. The quantitative estimate of drug-likeness (QED) is 0.697. The van der Waals surface area contributed by atoms with Crippen LogP contribution in [0.25, 0.3) is 0 Å². The zero-order chi connectivity index (χ0) is 19.5. The lowest BCUT2D eigenvalue weighted by Gasteiger charge is -2.21. The van der Waals surface area contributed by atoms with Gasteiger partial charge in [0.15, 0.2) is 5.13 Å². The van der Waals surface area contributed by atoms with Crippen LogP contribution in [0.15, 0.2) is 29.6 Å². The van der Waals surface area contributed by atoms with E-state index < -0.39 is 37.2 Å². The highest BCUT2D eigenvalue weighted by Gasteiger charge is 2.35. The van der Waals surface area contributed by atoms with E-state index in [4.69, 9.17) is 0 Å². The number of aryl methyl sites for hydroxylation is 1. The third kappa shape index (κ3) is 6.21. The maximum Gasteiger partial charge on any atom is 0.573 e. The van der Waals surface area contributed by atoms with Crippen molar-refractivity contribution in [3.63, 3.8) is 0 Å². The largest absolute Gasteiger partial charge is 0.573 e. The Labute approximate surface area is 148 Å². The summed E-state index contributed by atoms with van der Waals surface area (Å²) in [5.41, 5.74) is 0.712. The van der Waals surface area contributed by atoms with Crippen molar-refractivity contribution in [2.45, 2.75) is 25.9 Å². The Hall–Kier alpha value is -2.30. The highest BCUT2D eigenvalue weighted by Crippen LogP contribution is 2.27. The van der Waals surface area contributed by atoms with E-state index in [2.05, 4.69) is 9.72 Å². The predicted octanol–water partition coefficient (Wildman–Crippen LogP) is 4.49. The first kappa shape index (κ1) is 20.0. The minimum atomic E-state index is -4.86. The van der Waals surface area contributed by atoms with Gasteiger partial charge in [-0.2, -0.15) is 13.2 Å². The fourth-order valence-corrected chi connectivity index (χ4v) is 2.81. The maximum absolute atomic E-state index is 12.8. The maximum atomic E-state index is 12.8. The van der Waals surface area contributed by atoms with Gasteiger partial charge in [0.25, 0.3) is 0 Å². The van der Waals surface area contributed by atoms with E-state index in [1.807, 2.05) is 0 Å². The zero-order valence-electron chi connectivity index (χ0n) is 13.2. The number of anilines is 1. The summed E-state index contributed by atoms with van der Waals surface area (Å²) in [7, 11) is 0. The number of alkyl halides is 6. The fraction of sp³-hybridized carbons (Fsp3) is 0.333. The molecule has 0 saturated heterocycles. The van der Waals surface area contributed by atoms with Crippen molar-refractivity contribution < 1.29 is 35.9 Å². The number of rotatable bonds is 5. The number of hydrogen-bond acceptors (Lipinski definition) is 4. The molecule has 0 aliphatic rings. The van der Waals surface area contributed by atoms with Crippen LogP contribution in [0.5, 0.6) is 5.75 Å². The van der Waals surface area contributed by atoms with Crippen molar-refractivity contribution >= 4 is 22.4 Å². The SMILES string of the molecule is Cc1csc(N(CC(F)(F)F)C(=O)Cc2ccc(OC(F)(F)F)cc2)n1. The molecule has 0 spiro atoms. The van der Waals surface area contributed by atoms with Crippen LogP contribution in [0.1, 0.15) is 11.3 Å². The molecule has 0 bridgehead atoms. The van der Waals surface area contributed by atoms with Crippen LogP contribution in [0.3, 0.4) is 0 Å². The van der Waals surface area contributed by atoms with E-state index in [1.54, 1.807) is 6.92 Å². The first-order chi connectivity index (χ1) is 11.9. The van der Waals surface area contributed by atoms with Crippen molar-refractivity contribution in [3.8, 4) is 5.75 Å². The van der Waals surface area contributed by atoms with E-state index in [0.29, 0.717) is 10.6 Å². The number of nitrogens with zero attached hydrogens (tertiary/aromatic N) is 2. The Kier molecular flexibility index (Phi) is 5.79. The molecule has 0 unspecified atom stereocenters. The lowest BCUT2D eigenvalue weighted by molar-refractivity contribution is -0.274. The number of benzene rings is 1. The second-order valence-electron chi connectivity index (χ2n) is 5.24. The predicted molar refractivity (Wildman–Crippen MR) is 82.1 cm³/mol. The highest BCUT2D eigenvalue weighted by molar-refractivity contribution is 7.14. The minimum Gasteiger partial charge on any atom is -0.406 e. The number of halogens is 6. The Morgan fingerprint density at radius 2 is 1.77 bits per heavy atom. The lowest BCUT2D eigenvalue weighted by Crippen LogP contribution is -2.40.